The van der Waals surface area contributed by atoms with Gasteiger partial charge in [0, 0.05) is 13.1 Å². The molecular formula is C10H16F2N2O. The van der Waals surface area contributed by atoms with Crippen molar-refractivity contribution in [3.05, 3.63) is 24.2 Å². The largest absolute Gasteiger partial charge is 0.468 e. The maximum absolute atomic E-state index is 11.9. The Balaban J connectivity index is 2.01. The first-order valence-electron chi connectivity index (χ1n) is 4.88. The van der Waals surface area contributed by atoms with Gasteiger partial charge in [-0.15, -0.1) is 0 Å². The van der Waals surface area contributed by atoms with Crippen molar-refractivity contribution in [1.29, 1.82) is 0 Å². The molecule has 0 saturated carbocycles. The summed E-state index contributed by atoms with van der Waals surface area (Å²) in [6, 6.07) is 3.69. The first-order valence-corrected chi connectivity index (χ1v) is 4.88. The Labute approximate surface area is 88.1 Å². The molecule has 1 aromatic heterocycles. The van der Waals surface area contributed by atoms with E-state index in [2.05, 4.69) is 5.32 Å². The highest BCUT2D eigenvalue weighted by Crippen LogP contribution is 1.98. The zero-order valence-electron chi connectivity index (χ0n) is 8.75. The number of rotatable bonds is 7. The lowest BCUT2D eigenvalue weighted by Gasteiger charge is -2.15. The van der Waals surface area contributed by atoms with Crippen molar-refractivity contribution < 1.29 is 13.2 Å². The monoisotopic (exact) mass is 218 g/mol. The molecule has 0 aliphatic heterocycles. The number of nitrogens with zero attached hydrogens (tertiary/aromatic N) is 1. The van der Waals surface area contributed by atoms with Crippen LogP contribution in [0.25, 0.3) is 0 Å². The third-order valence-electron chi connectivity index (χ3n) is 2.00. The Morgan fingerprint density at radius 3 is 2.93 bits per heavy atom. The summed E-state index contributed by atoms with van der Waals surface area (Å²) in [6.45, 7) is 1.73. The summed E-state index contributed by atoms with van der Waals surface area (Å²) in [7, 11) is 1.68. The van der Waals surface area contributed by atoms with Gasteiger partial charge >= 0.3 is 0 Å². The van der Waals surface area contributed by atoms with Crippen LogP contribution >= 0.6 is 0 Å². The second kappa shape index (κ2) is 6.53. The summed E-state index contributed by atoms with van der Waals surface area (Å²) in [5, 5.41) is 3.11. The summed E-state index contributed by atoms with van der Waals surface area (Å²) >= 11 is 0. The molecule has 0 bridgehead atoms. The molecule has 0 aliphatic rings. The lowest BCUT2D eigenvalue weighted by Crippen LogP contribution is -2.32. The van der Waals surface area contributed by atoms with Crippen molar-refractivity contribution in [2.24, 2.45) is 0 Å². The van der Waals surface area contributed by atoms with E-state index < -0.39 is 6.43 Å². The molecule has 0 amide bonds. The fourth-order valence-corrected chi connectivity index (χ4v) is 1.22. The predicted molar refractivity (Wildman–Crippen MR) is 53.9 cm³/mol. The zero-order chi connectivity index (χ0) is 11.1. The average Bonchev–Trinajstić information content (AvgIpc) is 2.63. The number of halogens is 2. The van der Waals surface area contributed by atoms with E-state index in [0.717, 1.165) is 5.76 Å². The number of furan rings is 1. The summed E-state index contributed by atoms with van der Waals surface area (Å²) in [5.41, 5.74) is 0. The first-order chi connectivity index (χ1) is 7.18. The molecule has 86 valence electrons. The van der Waals surface area contributed by atoms with Crippen LogP contribution in [0, 0.1) is 0 Å². The number of hydrogen-bond donors (Lipinski definition) is 1. The van der Waals surface area contributed by atoms with Crippen LogP contribution in [0.4, 0.5) is 8.78 Å². The Morgan fingerprint density at radius 2 is 2.33 bits per heavy atom. The molecule has 5 heteroatoms. The second-order valence-electron chi connectivity index (χ2n) is 3.41. The highest BCUT2D eigenvalue weighted by Gasteiger charge is 2.06. The Bertz CT molecular complexity index is 252. The molecule has 1 heterocycles. The fourth-order valence-electron chi connectivity index (χ4n) is 1.22. The highest BCUT2D eigenvalue weighted by atomic mass is 19.3. The summed E-state index contributed by atoms with van der Waals surface area (Å²) in [5.74, 6) is 0.853. The van der Waals surface area contributed by atoms with E-state index in [1.54, 1.807) is 18.2 Å². The van der Waals surface area contributed by atoms with Crippen LogP contribution in [0.5, 0.6) is 0 Å². The average molecular weight is 218 g/mol. The number of alkyl halides is 2. The van der Waals surface area contributed by atoms with E-state index in [1.165, 1.54) is 0 Å². The van der Waals surface area contributed by atoms with Crippen LogP contribution in [0.2, 0.25) is 0 Å². The quantitative estimate of drug-likeness (QED) is 0.704. The van der Waals surface area contributed by atoms with Crippen molar-refractivity contribution in [1.82, 2.24) is 10.2 Å². The van der Waals surface area contributed by atoms with E-state index in [-0.39, 0.29) is 6.54 Å². The molecule has 0 atom stereocenters. The van der Waals surface area contributed by atoms with E-state index in [9.17, 15) is 8.78 Å². The molecule has 0 aromatic carbocycles. The van der Waals surface area contributed by atoms with Gasteiger partial charge in [-0.25, -0.2) is 8.78 Å². The molecule has 3 nitrogen and oxygen atoms in total. The van der Waals surface area contributed by atoms with Gasteiger partial charge in [0.15, 0.2) is 0 Å². The second-order valence-corrected chi connectivity index (χ2v) is 3.41. The molecule has 0 unspecified atom stereocenters. The molecular weight excluding hydrogens is 202 g/mol. The van der Waals surface area contributed by atoms with Crippen molar-refractivity contribution in [3.63, 3.8) is 0 Å². The minimum Gasteiger partial charge on any atom is -0.468 e. The van der Waals surface area contributed by atoms with E-state index in [1.807, 2.05) is 12.1 Å². The predicted octanol–water partition coefficient (Wildman–Crippen LogP) is 1.57. The first kappa shape index (κ1) is 12.1. The lowest BCUT2D eigenvalue weighted by molar-refractivity contribution is 0.101. The molecule has 0 aliphatic carbocycles. The topological polar surface area (TPSA) is 28.4 Å². The van der Waals surface area contributed by atoms with Crippen molar-refractivity contribution in [3.8, 4) is 0 Å². The minimum atomic E-state index is -2.26. The number of hydrogen-bond acceptors (Lipinski definition) is 3. The van der Waals surface area contributed by atoms with E-state index in [4.69, 9.17) is 4.42 Å². The van der Waals surface area contributed by atoms with Gasteiger partial charge in [-0.05, 0) is 19.2 Å². The third-order valence-corrected chi connectivity index (χ3v) is 2.00. The van der Waals surface area contributed by atoms with Crippen LogP contribution in [-0.4, -0.2) is 38.0 Å². The van der Waals surface area contributed by atoms with Crippen LogP contribution in [0.3, 0.4) is 0 Å². The molecule has 1 aromatic rings. The fraction of sp³-hybridized carbons (Fsp3) is 0.600. The van der Waals surface area contributed by atoms with Gasteiger partial charge in [0.25, 0.3) is 6.43 Å². The van der Waals surface area contributed by atoms with Gasteiger partial charge in [0.05, 0.1) is 19.4 Å². The Hall–Kier alpha value is -0.940. The number of nitrogens with one attached hydrogen (secondary N) is 1. The maximum Gasteiger partial charge on any atom is 0.251 e. The summed E-state index contributed by atoms with van der Waals surface area (Å²) < 4.78 is 29.0. The van der Waals surface area contributed by atoms with Gasteiger partial charge in [-0.2, -0.15) is 0 Å². The molecule has 0 radical (unpaired) electrons. The molecule has 1 rings (SSSR count). The Morgan fingerprint density at radius 1 is 1.53 bits per heavy atom. The van der Waals surface area contributed by atoms with E-state index in [0.29, 0.717) is 19.6 Å². The van der Waals surface area contributed by atoms with Crippen LogP contribution in [-0.2, 0) is 6.54 Å². The van der Waals surface area contributed by atoms with Crippen LogP contribution < -0.4 is 5.32 Å². The lowest BCUT2D eigenvalue weighted by atomic mass is 10.4. The van der Waals surface area contributed by atoms with Gasteiger partial charge in [-0.1, -0.05) is 0 Å². The highest BCUT2D eigenvalue weighted by molar-refractivity contribution is 4.97. The summed E-state index contributed by atoms with van der Waals surface area (Å²) in [6.07, 6.45) is -0.653. The third kappa shape index (κ3) is 5.49. The van der Waals surface area contributed by atoms with Crippen molar-refractivity contribution in [2.45, 2.75) is 13.0 Å². The number of likely N-dealkylation sites (N-methyl/N-ethyl adjacent to an activating group) is 1. The van der Waals surface area contributed by atoms with Crippen LogP contribution in [0.15, 0.2) is 22.8 Å². The van der Waals surface area contributed by atoms with Gasteiger partial charge in [0.2, 0.25) is 0 Å². The van der Waals surface area contributed by atoms with E-state index >= 15 is 0 Å². The zero-order valence-corrected chi connectivity index (χ0v) is 8.75. The molecule has 0 saturated heterocycles. The maximum atomic E-state index is 11.9. The molecule has 1 N–H and O–H groups in total. The van der Waals surface area contributed by atoms with Gasteiger partial charge < -0.3 is 9.73 Å². The minimum absolute atomic E-state index is 0.178. The summed E-state index contributed by atoms with van der Waals surface area (Å²) in [4.78, 5) is 1.60. The van der Waals surface area contributed by atoms with Crippen molar-refractivity contribution >= 4 is 0 Å². The molecule has 0 fully saturated rings. The molecule has 15 heavy (non-hydrogen) atoms. The normalized spacial score (nSPS) is 11.5. The van der Waals surface area contributed by atoms with Crippen molar-refractivity contribution in [2.75, 3.05) is 26.7 Å². The van der Waals surface area contributed by atoms with Crippen LogP contribution in [0.1, 0.15) is 5.76 Å². The SMILES string of the molecule is CN(CCNCc1ccco1)CC(F)F. The Kier molecular flexibility index (Phi) is 5.28. The standard InChI is InChI=1S/C10H16F2N2O/c1-14(8-10(11)12)5-4-13-7-9-3-2-6-15-9/h2-3,6,10,13H,4-5,7-8H2,1H3. The molecule has 0 spiro atoms. The van der Waals surface area contributed by atoms with Gasteiger partial charge in [-0.3, -0.25) is 4.90 Å². The van der Waals surface area contributed by atoms with Gasteiger partial charge in [0.1, 0.15) is 5.76 Å². The smallest absolute Gasteiger partial charge is 0.251 e.